The van der Waals surface area contributed by atoms with Crippen molar-refractivity contribution in [1.29, 1.82) is 0 Å². The molecule has 0 saturated heterocycles. The minimum Gasteiger partial charge on any atom is -0.396 e. The molecule has 0 radical (unpaired) electrons. The fourth-order valence-corrected chi connectivity index (χ4v) is 1.53. The molecule has 0 amide bonds. The van der Waals surface area contributed by atoms with Gasteiger partial charge in [-0.1, -0.05) is 6.92 Å². The molecular weight excluding hydrogens is 176 g/mol. The zero-order chi connectivity index (χ0) is 10.4. The van der Waals surface area contributed by atoms with Crippen molar-refractivity contribution in [2.75, 3.05) is 6.61 Å². The number of aromatic nitrogens is 1. The van der Waals surface area contributed by atoms with Gasteiger partial charge in [-0.15, -0.1) is 0 Å². The molecule has 3 heteroatoms. The van der Waals surface area contributed by atoms with Crippen molar-refractivity contribution < 1.29 is 5.11 Å². The molecule has 0 aliphatic carbocycles. The molecule has 14 heavy (non-hydrogen) atoms. The fraction of sp³-hybridized carbons (Fsp3) is 0.636. The van der Waals surface area contributed by atoms with Gasteiger partial charge in [0.25, 0.3) is 0 Å². The average Bonchev–Trinajstić information content (AvgIpc) is 2.59. The van der Waals surface area contributed by atoms with Crippen LogP contribution in [0.2, 0.25) is 0 Å². The summed E-state index contributed by atoms with van der Waals surface area (Å²) in [5.74, 6) is 0. The molecule has 0 fully saturated rings. The van der Waals surface area contributed by atoms with E-state index in [4.69, 9.17) is 5.11 Å². The van der Waals surface area contributed by atoms with Gasteiger partial charge in [0.2, 0.25) is 0 Å². The van der Waals surface area contributed by atoms with Crippen LogP contribution in [0.1, 0.15) is 25.3 Å². The van der Waals surface area contributed by atoms with Gasteiger partial charge < -0.3 is 15.0 Å². The smallest absolute Gasteiger partial charge is 0.0445 e. The lowest BCUT2D eigenvalue weighted by atomic mass is 10.1. The Morgan fingerprint density at radius 2 is 2.36 bits per heavy atom. The van der Waals surface area contributed by atoms with E-state index in [2.05, 4.69) is 24.5 Å². The van der Waals surface area contributed by atoms with E-state index in [-0.39, 0.29) is 6.61 Å². The minimum atomic E-state index is 0.264. The van der Waals surface area contributed by atoms with E-state index in [9.17, 15) is 0 Å². The third kappa shape index (κ3) is 3.52. The first-order chi connectivity index (χ1) is 6.76. The highest BCUT2D eigenvalue weighted by molar-refractivity contribution is 5.09. The first-order valence-electron chi connectivity index (χ1n) is 5.21. The minimum absolute atomic E-state index is 0.264. The molecule has 80 valence electrons. The Labute approximate surface area is 85.7 Å². The molecule has 1 unspecified atom stereocenters. The van der Waals surface area contributed by atoms with Gasteiger partial charge >= 0.3 is 0 Å². The molecule has 0 bridgehead atoms. The maximum atomic E-state index is 8.82. The van der Waals surface area contributed by atoms with Crippen LogP contribution in [0.3, 0.4) is 0 Å². The molecule has 0 aliphatic rings. The van der Waals surface area contributed by atoms with Gasteiger partial charge in [0, 0.05) is 38.6 Å². The Morgan fingerprint density at radius 3 is 2.86 bits per heavy atom. The SMILES string of the molecule is CCC(CCO)NCc1ccn(C)c1. The lowest BCUT2D eigenvalue weighted by molar-refractivity contribution is 0.262. The zero-order valence-electron chi connectivity index (χ0n) is 9.03. The van der Waals surface area contributed by atoms with Gasteiger partial charge in [-0.2, -0.15) is 0 Å². The second kappa shape index (κ2) is 5.83. The molecule has 1 aromatic heterocycles. The average molecular weight is 196 g/mol. The second-order valence-corrected chi connectivity index (χ2v) is 3.68. The summed E-state index contributed by atoms with van der Waals surface area (Å²) in [5, 5.41) is 12.3. The highest BCUT2D eigenvalue weighted by Crippen LogP contribution is 2.02. The van der Waals surface area contributed by atoms with E-state index in [1.807, 2.05) is 17.8 Å². The first-order valence-corrected chi connectivity index (χ1v) is 5.21. The van der Waals surface area contributed by atoms with Crippen molar-refractivity contribution in [3.63, 3.8) is 0 Å². The van der Waals surface area contributed by atoms with Gasteiger partial charge in [0.05, 0.1) is 0 Å². The van der Waals surface area contributed by atoms with Crippen molar-refractivity contribution >= 4 is 0 Å². The van der Waals surface area contributed by atoms with Crippen molar-refractivity contribution in [2.45, 2.75) is 32.4 Å². The second-order valence-electron chi connectivity index (χ2n) is 3.68. The highest BCUT2D eigenvalue weighted by atomic mass is 16.3. The van der Waals surface area contributed by atoms with Gasteiger partial charge in [0.15, 0.2) is 0 Å². The van der Waals surface area contributed by atoms with E-state index in [0.717, 1.165) is 19.4 Å². The van der Waals surface area contributed by atoms with Crippen LogP contribution in [-0.4, -0.2) is 22.3 Å². The number of hydrogen-bond donors (Lipinski definition) is 2. The van der Waals surface area contributed by atoms with Crippen molar-refractivity contribution in [2.24, 2.45) is 7.05 Å². The van der Waals surface area contributed by atoms with Gasteiger partial charge in [0.1, 0.15) is 0 Å². The topological polar surface area (TPSA) is 37.2 Å². The number of nitrogens with zero attached hydrogens (tertiary/aromatic N) is 1. The van der Waals surface area contributed by atoms with E-state index in [1.165, 1.54) is 5.56 Å². The molecule has 0 saturated carbocycles. The fourth-order valence-electron chi connectivity index (χ4n) is 1.53. The lowest BCUT2D eigenvalue weighted by Crippen LogP contribution is -2.28. The molecular formula is C11H20N2O. The summed E-state index contributed by atoms with van der Waals surface area (Å²) < 4.78 is 2.05. The maximum Gasteiger partial charge on any atom is 0.0445 e. The summed E-state index contributed by atoms with van der Waals surface area (Å²) in [4.78, 5) is 0. The third-order valence-corrected chi connectivity index (χ3v) is 2.46. The number of nitrogens with one attached hydrogen (secondary N) is 1. The predicted molar refractivity (Wildman–Crippen MR) is 58.0 cm³/mol. The van der Waals surface area contributed by atoms with Crippen LogP contribution in [0.5, 0.6) is 0 Å². The largest absolute Gasteiger partial charge is 0.396 e. The Balaban J connectivity index is 2.31. The van der Waals surface area contributed by atoms with Crippen LogP contribution in [0.25, 0.3) is 0 Å². The molecule has 0 aromatic carbocycles. The van der Waals surface area contributed by atoms with Crippen LogP contribution in [-0.2, 0) is 13.6 Å². The molecule has 0 aliphatic heterocycles. The molecule has 1 rings (SSSR count). The van der Waals surface area contributed by atoms with Crippen LogP contribution < -0.4 is 5.32 Å². The number of aryl methyl sites for hydroxylation is 1. The Bertz CT molecular complexity index is 258. The summed E-state index contributed by atoms with van der Waals surface area (Å²) in [6, 6.07) is 2.54. The summed E-state index contributed by atoms with van der Waals surface area (Å²) in [6.07, 6.45) is 6.05. The summed E-state index contributed by atoms with van der Waals surface area (Å²) in [6.45, 7) is 3.29. The zero-order valence-corrected chi connectivity index (χ0v) is 9.03. The highest BCUT2D eigenvalue weighted by Gasteiger charge is 2.04. The maximum absolute atomic E-state index is 8.82. The molecule has 1 heterocycles. The van der Waals surface area contributed by atoms with E-state index in [1.54, 1.807) is 0 Å². The number of rotatable bonds is 6. The number of aliphatic hydroxyl groups is 1. The van der Waals surface area contributed by atoms with E-state index >= 15 is 0 Å². The van der Waals surface area contributed by atoms with Crippen molar-refractivity contribution in [1.82, 2.24) is 9.88 Å². The van der Waals surface area contributed by atoms with Crippen molar-refractivity contribution in [3.8, 4) is 0 Å². The van der Waals surface area contributed by atoms with Gasteiger partial charge in [-0.25, -0.2) is 0 Å². The van der Waals surface area contributed by atoms with Gasteiger partial charge in [-0.05, 0) is 24.5 Å². The van der Waals surface area contributed by atoms with Crippen LogP contribution in [0, 0.1) is 0 Å². The Hall–Kier alpha value is -0.800. The molecule has 1 aromatic rings. The lowest BCUT2D eigenvalue weighted by Gasteiger charge is -2.14. The Morgan fingerprint density at radius 1 is 1.57 bits per heavy atom. The van der Waals surface area contributed by atoms with Crippen LogP contribution in [0.15, 0.2) is 18.5 Å². The van der Waals surface area contributed by atoms with Crippen LogP contribution in [0.4, 0.5) is 0 Å². The summed E-state index contributed by atoms with van der Waals surface area (Å²) in [7, 11) is 2.02. The number of aliphatic hydroxyl groups excluding tert-OH is 1. The molecule has 1 atom stereocenters. The first kappa shape index (κ1) is 11.3. The predicted octanol–water partition coefficient (Wildman–Crippen LogP) is 1.28. The third-order valence-electron chi connectivity index (χ3n) is 2.46. The molecule has 0 spiro atoms. The molecule has 3 nitrogen and oxygen atoms in total. The quantitative estimate of drug-likeness (QED) is 0.719. The van der Waals surface area contributed by atoms with Crippen LogP contribution >= 0.6 is 0 Å². The normalized spacial score (nSPS) is 13.1. The van der Waals surface area contributed by atoms with Gasteiger partial charge in [-0.3, -0.25) is 0 Å². The number of hydrogen-bond acceptors (Lipinski definition) is 2. The summed E-state index contributed by atoms with van der Waals surface area (Å²) in [5.41, 5.74) is 1.30. The molecule has 2 N–H and O–H groups in total. The summed E-state index contributed by atoms with van der Waals surface area (Å²) >= 11 is 0. The monoisotopic (exact) mass is 196 g/mol. The van der Waals surface area contributed by atoms with E-state index in [0.29, 0.717) is 6.04 Å². The Kier molecular flexibility index (Phi) is 4.70. The van der Waals surface area contributed by atoms with E-state index < -0.39 is 0 Å². The standard InChI is InChI=1S/C11H20N2O/c1-3-11(5-7-14)12-8-10-4-6-13(2)9-10/h4,6,9,11-12,14H,3,5,7-8H2,1-2H3. The van der Waals surface area contributed by atoms with Crippen molar-refractivity contribution in [3.05, 3.63) is 24.0 Å².